The first-order valence-electron chi connectivity index (χ1n) is 15.5. The van der Waals surface area contributed by atoms with Gasteiger partial charge in [0.2, 0.25) is 0 Å². The van der Waals surface area contributed by atoms with Gasteiger partial charge in [0.1, 0.15) is 0 Å². The molecule has 228 valence electrons. The van der Waals surface area contributed by atoms with Crippen LogP contribution in [0.4, 0.5) is 0 Å². The normalized spacial score (nSPS) is 12.0. The average Bonchev–Trinajstić information content (AvgIpc) is 2.77. The Morgan fingerprint density at radius 3 is 1.03 bits per heavy atom. The summed E-state index contributed by atoms with van der Waals surface area (Å²) in [6.07, 6.45) is 23.2. The molecule has 6 nitrogen and oxygen atoms in total. The Kier molecular flexibility index (Phi) is 31.0. The van der Waals surface area contributed by atoms with Gasteiger partial charge in [-0.2, -0.15) is 0 Å². The van der Waals surface area contributed by atoms with Crippen LogP contribution in [0.3, 0.4) is 0 Å². The van der Waals surface area contributed by atoms with Crippen molar-refractivity contribution in [2.75, 3.05) is 62.0 Å². The zero-order valence-electron chi connectivity index (χ0n) is 26.8. The lowest BCUT2D eigenvalue weighted by molar-refractivity contribution is -0.870. The molecule has 0 aliphatic carbocycles. The molecule has 0 aromatic heterocycles. The van der Waals surface area contributed by atoms with Crippen molar-refractivity contribution in [2.45, 2.75) is 136 Å². The zero-order valence-corrected chi connectivity index (χ0v) is 27.7. The third-order valence-corrected chi connectivity index (χ3v) is 6.61. The van der Waals surface area contributed by atoms with Crippen LogP contribution in [0.15, 0.2) is 0 Å². The van der Waals surface area contributed by atoms with Gasteiger partial charge in [-0.05, 0) is 32.1 Å². The third kappa shape index (κ3) is 53.1. The van der Waals surface area contributed by atoms with E-state index in [-0.39, 0.29) is 6.61 Å². The van der Waals surface area contributed by atoms with Crippen LogP contribution in [0.1, 0.15) is 136 Å². The van der Waals surface area contributed by atoms with Crippen LogP contribution in [0.5, 0.6) is 0 Å². The van der Waals surface area contributed by atoms with E-state index in [1.54, 1.807) is 0 Å². The minimum Gasteiger partial charge on any atom is -0.790 e. The first-order chi connectivity index (χ1) is 17.2. The molecule has 0 spiro atoms. The van der Waals surface area contributed by atoms with Crippen LogP contribution < -0.4 is 9.79 Å². The van der Waals surface area contributed by atoms with Crippen LogP contribution in [0, 0.1) is 0 Å². The van der Waals surface area contributed by atoms with E-state index in [0.717, 1.165) is 21.8 Å². The Balaban J connectivity index is -0.000000469. The molecule has 0 amide bonds. The van der Waals surface area contributed by atoms with E-state index in [0.29, 0.717) is 6.42 Å². The van der Waals surface area contributed by atoms with E-state index in [4.69, 9.17) is 0 Å². The van der Waals surface area contributed by atoms with Gasteiger partial charge in [-0.15, -0.1) is 0 Å². The van der Waals surface area contributed by atoms with E-state index in [9.17, 15) is 14.4 Å². The second-order valence-electron chi connectivity index (χ2n) is 12.6. The fourth-order valence-corrected chi connectivity index (χ4v) is 4.14. The molecule has 0 fully saturated rings. The summed E-state index contributed by atoms with van der Waals surface area (Å²) in [5.41, 5.74) is 0. The van der Waals surface area contributed by atoms with Crippen LogP contribution in [-0.4, -0.2) is 70.9 Å². The molecule has 0 bridgehead atoms. The van der Waals surface area contributed by atoms with Crippen molar-refractivity contribution in [1.29, 1.82) is 0 Å². The molecular formula is C30H69N2O4P. The molecule has 0 aliphatic heterocycles. The van der Waals surface area contributed by atoms with E-state index < -0.39 is 7.82 Å². The summed E-state index contributed by atoms with van der Waals surface area (Å²) in [4.78, 5) is 20.0. The van der Waals surface area contributed by atoms with Gasteiger partial charge in [0, 0.05) is 0 Å². The molecule has 0 rings (SSSR count). The quantitative estimate of drug-likeness (QED) is 0.0802. The van der Waals surface area contributed by atoms with Gasteiger partial charge in [0.05, 0.1) is 69.8 Å². The highest BCUT2D eigenvalue weighted by atomic mass is 31.2. The second-order valence-corrected chi connectivity index (χ2v) is 13.8. The fourth-order valence-electron chi connectivity index (χ4n) is 3.79. The van der Waals surface area contributed by atoms with Gasteiger partial charge in [-0.1, -0.05) is 104 Å². The fraction of sp³-hybridized carbons (Fsp3) is 1.00. The molecule has 0 unspecified atom stereocenters. The maximum Gasteiger partial charge on any atom is 0.0780 e. The van der Waals surface area contributed by atoms with E-state index in [1.165, 1.54) is 109 Å². The molecule has 0 aromatic carbocycles. The lowest BCUT2D eigenvalue weighted by Crippen LogP contribution is -2.35. The Morgan fingerprint density at radius 2 is 0.757 bits per heavy atom. The number of unbranched alkanes of at least 4 members (excludes halogenated alkanes) is 15. The summed E-state index contributed by atoms with van der Waals surface area (Å²) >= 11 is 0. The Hall–Kier alpha value is 0.0300. The van der Waals surface area contributed by atoms with Crippen molar-refractivity contribution in [3.05, 3.63) is 0 Å². The van der Waals surface area contributed by atoms with Gasteiger partial charge in [-0.3, -0.25) is 0 Å². The summed E-state index contributed by atoms with van der Waals surface area (Å²) in [5.74, 6) is 0. The molecule has 7 heteroatoms. The smallest absolute Gasteiger partial charge is 0.0780 e. The SMILES string of the molecule is CCCCCCCCOP(=O)([O-])[O-].CCCCCCCC[N+](C)(C)C.CCCCCCCC[N+](C)(C)C. The van der Waals surface area contributed by atoms with Crippen molar-refractivity contribution >= 4 is 7.82 Å². The van der Waals surface area contributed by atoms with Crippen molar-refractivity contribution < 1.29 is 27.8 Å². The number of phosphoric ester groups is 1. The van der Waals surface area contributed by atoms with Crippen LogP contribution in [0.25, 0.3) is 0 Å². The third-order valence-electron chi connectivity index (χ3n) is 6.11. The lowest BCUT2D eigenvalue weighted by atomic mass is 10.1. The topological polar surface area (TPSA) is 72.4 Å². The Labute approximate surface area is 234 Å². The Bertz CT molecular complexity index is 459. The van der Waals surface area contributed by atoms with Crippen molar-refractivity contribution in [3.8, 4) is 0 Å². The number of phosphoric acid groups is 1. The second kappa shape index (κ2) is 27.6. The molecular weight excluding hydrogens is 483 g/mol. The Morgan fingerprint density at radius 1 is 0.486 bits per heavy atom. The number of hydrogen-bond donors (Lipinski definition) is 0. The molecule has 0 heterocycles. The summed E-state index contributed by atoms with van der Waals surface area (Å²) in [7, 11) is 8.89. The molecule has 0 aliphatic rings. The summed E-state index contributed by atoms with van der Waals surface area (Å²) < 4.78 is 16.3. The highest BCUT2D eigenvalue weighted by Gasteiger charge is 2.05. The molecule has 37 heavy (non-hydrogen) atoms. The first kappa shape index (κ1) is 41.5. The monoisotopic (exact) mass is 552 g/mol. The molecule has 0 atom stereocenters. The van der Waals surface area contributed by atoms with E-state index >= 15 is 0 Å². The highest BCUT2D eigenvalue weighted by Crippen LogP contribution is 2.24. The lowest BCUT2D eigenvalue weighted by Gasteiger charge is -2.28. The molecule has 0 aromatic rings. The molecule has 0 saturated heterocycles. The van der Waals surface area contributed by atoms with Gasteiger partial charge < -0.3 is 27.8 Å². The van der Waals surface area contributed by atoms with Crippen LogP contribution >= 0.6 is 7.82 Å². The number of nitrogens with zero attached hydrogens (tertiary/aromatic N) is 2. The van der Waals surface area contributed by atoms with Crippen LogP contribution in [-0.2, 0) is 9.09 Å². The maximum atomic E-state index is 10.0. The van der Waals surface area contributed by atoms with Crippen LogP contribution in [0.2, 0.25) is 0 Å². The van der Waals surface area contributed by atoms with E-state index in [1.807, 2.05) is 0 Å². The standard InChI is InChI=1S/2C11H26N.C8H19O4P/c2*1-5-6-7-8-9-10-11-12(2,3)4;1-2-3-4-5-6-7-8-12-13(9,10)11/h2*5-11H2,1-4H3;2-8H2,1H3,(H2,9,10,11)/q2*+1;/p-2. The van der Waals surface area contributed by atoms with Gasteiger partial charge in [-0.25, -0.2) is 0 Å². The van der Waals surface area contributed by atoms with Crippen molar-refractivity contribution in [2.24, 2.45) is 0 Å². The maximum absolute atomic E-state index is 10.0. The first-order valence-corrected chi connectivity index (χ1v) is 16.9. The molecule has 0 radical (unpaired) electrons. The summed E-state index contributed by atoms with van der Waals surface area (Å²) in [6, 6.07) is 0. The predicted molar refractivity (Wildman–Crippen MR) is 159 cm³/mol. The number of rotatable bonds is 22. The largest absolute Gasteiger partial charge is 0.790 e. The zero-order chi connectivity index (χ0) is 29.1. The van der Waals surface area contributed by atoms with Crippen molar-refractivity contribution in [1.82, 2.24) is 0 Å². The predicted octanol–water partition coefficient (Wildman–Crippen LogP) is 7.30. The van der Waals surface area contributed by atoms with Crippen molar-refractivity contribution in [3.63, 3.8) is 0 Å². The average molecular weight is 553 g/mol. The van der Waals surface area contributed by atoms with Gasteiger partial charge in [0.15, 0.2) is 0 Å². The molecule has 0 N–H and O–H groups in total. The van der Waals surface area contributed by atoms with E-state index in [2.05, 4.69) is 67.6 Å². The minimum absolute atomic E-state index is 0.0381. The molecule has 0 saturated carbocycles. The minimum atomic E-state index is -4.73. The van der Waals surface area contributed by atoms with Gasteiger partial charge >= 0.3 is 0 Å². The summed E-state index contributed by atoms with van der Waals surface area (Å²) in [6.45, 7) is 9.36. The highest BCUT2D eigenvalue weighted by molar-refractivity contribution is 7.43. The summed E-state index contributed by atoms with van der Waals surface area (Å²) in [5, 5.41) is 0. The van der Waals surface area contributed by atoms with Gasteiger partial charge in [0.25, 0.3) is 0 Å². The number of hydrogen-bond acceptors (Lipinski definition) is 4. The number of quaternary nitrogens is 2.